The molecular formula is C113H145N15O. The molecule has 10 aromatic heterocycles. The molecule has 0 aliphatic carbocycles. The van der Waals surface area contributed by atoms with Crippen molar-refractivity contribution in [2.45, 2.75) is 256 Å². The van der Waals surface area contributed by atoms with Crippen LogP contribution in [0.1, 0.15) is 256 Å². The minimum absolute atomic E-state index is 0.0429. The van der Waals surface area contributed by atoms with E-state index in [9.17, 15) is 4.79 Å². The largest absolute Gasteiger partial charge is 0.369 e. The summed E-state index contributed by atoms with van der Waals surface area (Å²) in [5.41, 5.74) is 25.9. The van der Waals surface area contributed by atoms with Gasteiger partial charge >= 0.3 is 5.69 Å². The lowest BCUT2D eigenvalue weighted by Gasteiger charge is -2.34. The van der Waals surface area contributed by atoms with Crippen molar-refractivity contribution in [3.63, 3.8) is 0 Å². The maximum absolute atomic E-state index is 11.7. The van der Waals surface area contributed by atoms with Gasteiger partial charge in [0.05, 0.1) is 44.9 Å². The van der Waals surface area contributed by atoms with Crippen LogP contribution in [-0.2, 0) is 39.2 Å². The summed E-state index contributed by atoms with van der Waals surface area (Å²) in [6.45, 7) is 63.9. The highest BCUT2D eigenvalue weighted by Crippen LogP contribution is 2.42. The zero-order valence-corrected chi connectivity index (χ0v) is 82.3. The fourth-order valence-electron chi connectivity index (χ4n) is 16.5. The van der Waals surface area contributed by atoms with E-state index in [-0.39, 0.29) is 44.0 Å². The molecule has 8 N–H and O–H groups in total. The normalized spacial score (nSPS) is 13.3. The summed E-state index contributed by atoms with van der Waals surface area (Å²) in [5, 5.41) is 17.2. The van der Waals surface area contributed by atoms with Gasteiger partial charge in [-0.15, -0.1) is 0 Å². The van der Waals surface area contributed by atoms with Gasteiger partial charge in [0.15, 0.2) is 0 Å². The Labute approximate surface area is 766 Å². The summed E-state index contributed by atoms with van der Waals surface area (Å²) >= 11 is 0. The first-order chi connectivity index (χ1) is 60.7. The molecule has 16 nitrogen and oxygen atoms in total. The quantitative estimate of drug-likeness (QED) is 0.0840. The van der Waals surface area contributed by atoms with Gasteiger partial charge in [0.2, 0.25) is 0 Å². The molecular weight excluding hydrogens is 1580 g/mol. The molecule has 2 aliphatic heterocycles. The van der Waals surface area contributed by atoms with Gasteiger partial charge in [-0.05, 0) is 250 Å². The molecule has 0 saturated carbocycles. The molecule has 129 heavy (non-hydrogen) atoms. The SMILES string of the molecule is CC(C)(C)C1CNc2ncccc21.CC(C)(C)N1CCc2ccccc21.CC(C)(C)c1[nH]nc2ccccc12.CC(C)(C)c1c[nH]c2ccccc12.CC(C)(C)c1c[nH]c2cccnc12.CC(C)(C)c1cccc2[nH]ccc12.CC(C)(C)n1c(=O)[nH]c2ccccc21.CC(C)(C)n1cnc2ccccc21.CC(C)c1ccc2[nH]ccc2c1.CC(C)c1ccc2cc[nH]c2c1. The molecule has 0 bridgehead atoms. The van der Waals surface area contributed by atoms with Crippen LogP contribution >= 0.6 is 0 Å². The standard InChI is InChI=1S/C12H15N.C12H17N.C12H15N.C11H14N2O.C11H14N2.C11H16N2.2C11H14N2.2C11H13N/c1-12(2,3)10-5-4-6-11-9(10)7-8-13-11;1-12(2,3)13-9-8-10-6-4-5-7-11(10)13;1-12(2,3)10-8-13-11-7-5-4-6-9(10)11;1-11(2,3)13-9-7-5-4-6-8(9)12-10(13)14;1-11(2,3)8-7-13-9-5-4-6-12-10(8)9;1-11(2,3)9-7-13-10-8(9)5-4-6-12-10;1-11(2,3)13-8-12-9-6-4-5-7-10(9)13;1-11(2,3)10-8-6-4-5-7-9(8)12-13-10;1-8(2)9-3-4-11-10(7-9)5-6-12-11;1-8(2)10-4-3-9-5-6-12-11(9)7-10/h4-8,13H,1-3H3;4-7H,8-9H2,1-3H3;4-8,13H,1-3H3;4-7H,1-3H3,(H,12,14);4-7,13H,1-3H3;4-6,9H,7H2,1-3H3,(H,12,13);4-8H,1-3H3;4-7H,1-3H3,(H,12,13);2*3-8,12H,1-2H3. The molecule has 1 unspecified atom stereocenters. The number of aromatic amines is 7. The second kappa shape index (κ2) is 40.5. The first kappa shape index (κ1) is 97.2. The lowest BCUT2D eigenvalue weighted by Crippen LogP contribution is -2.40. The van der Waals surface area contributed by atoms with Gasteiger partial charge in [-0.2, -0.15) is 5.10 Å². The topological polar surface area (TPSA) is 204 Å². The van der Waals surface area contributed by atoms with Crippen LogP contribution in [0.3, 0.4) is 0 Å². The molecule has 0 saturated heterocycles. The van der Waals surface area contributed by atoms with Crippen LogP contribution in [0.25, 0.3) is 87.6 Å². The molecule has 16 heteroatoms. The summed E-state index contributed by atoms with van der Waals surface area (Å²) in [5.74, 6) is 2.89. The van der Waals surface area contributed by atoms with Crippen LogP contribution in [0.2, 0.25) is 0 Å². The Balaban J connectivity index is 0.000000139. The second-order valence-electron chi connectivity index (χ2n) is 42.8. The van der Waals surface area contributed by atoms with Crippen molar-refractivity contribution in [1.82, 2.24) is 64.2 Å². The predicted octanol–water partition coefficient (Wildman–Crippen LogP) is 29.6. The number of para-hydroxylation sites is 7. The van der Waals surface area contributed by atoms with Gasteiger partial charge in [-0.1, -0.05) is 247 Å². The number of nitrogens with one attached hydrogen (secondary N) is 8. The predicted molar refractivity (Wildman–Crippen MR) is 553 cm³/mol. The number of hydrogen-bond acceptors (Lipinski definition) is 7. The van der Waals surface area contributed by atoms with Crippen LogP contribution in [0, 0.1) is 5.41 Å². The van der Waals surface area contributed by atoms with Crippen molar-refractivity contribution in [1.29, 1.82) is 0 Å². The Morgan fingerprint density at radius 1 is 0.403 bits per heavy atom. The van der Waals surface area contributed by atoms with Crippen molar-refractivity contribution >= 4 is 99.1 Å². The van der Waals surface area contributed by atoms with Crippen molar-refractivity contribution < 1.29 is 0 Å². The molecule has 8 aromatic carbocycles. The average Bonchev–Trinajstić information content (AvgIpc) is 1.67. The smallest absolute Gasteiger partial charge is 0.326 e. The van der Waals surface area contributed by atoms with Crippen LogP contribution in [0.15, 0.2) is 273 Å². The Morgan fingerprint density at radius 2 is 0.938 bits per heavy atom. The second-order valence-corrected chi connectivity index (χ2v) is 42.8. The van der Waals surface area contributed by atoms with Gasteiger partial charge in [0.25, 0.3) is 0 Å². The van der Waals surface area contributed by atoms with E-state index in [1.165, 1.54) is 118 Å². The van der Waals surface area contributed by atoms with E-state index in [4.69, 9.17) is 0 Å². The summed E-state index contributed by atoms with van der Waals surface area (Å²) in [7, 11) is 0. The van der Waals surface area contributed by atoms with Crippen molar-refractivity contribution in [2.75, 3.05) is 23.3 Å². The molecule has 18 aromatic rings. The van der Waals surface area contributed by atoms with Gasteiger partial charge in [-0.25, -0.2) is 14.8 Å². The number of fused-ring (bicyclic) bond motifs is 10. The zero-order chi connectivity index (χ0) is 93.8. The van der Waals surface area contributed by atoms with E-state index in [1.807, 2.05) is 131 Å². The third kappa shape index (κ3) is 24.9. The minimum atomic E-state index is -0.184. The van der Waals surface area contributed by atoms with E-state index in [0.29, 0.717) is 23.2 Å². The molecule has 0 fully saturated rings. The lowest BCUT2D eigenvalue weighted by molar-refractivity contribution is 0.339. The highest BCUT2D eigenvalue weighted by Gasteiger charge is 2.33. The Morgan fingerprint density at radius 3 is 1.60 bits per heavy atom. The van der Waals surface area contributed by atoms with Crippen LogP contribution in [0.4, 0.5) is 11.5 Å². The summed E-state index contributed by atoms with van der Waals surface area (Å²) in [6.07, 6.45) is 16.9. The number of anilines is 2. The molecule has 12 heterocycles. The molecule has 678 valence electrons. The van der Waals surface area contributed by atoms with Crippen LogP contribution in [-0.4, -0.2) is 82.8 Å². The van der Waals surface area contributed by atoms with Crippen LogP contribution in [0.5, 0.6) is 0 Å². The molecule has 1 atom stereocenters. The van der Waals surface area contributed by atoms with E-state index >= 15 is 0 Å². The van der Waals surface area contributed by atoms with E-state index < -0.39 is 0 Å². The van der Waals surface area contributed by atoms with Gasteiger partial charge in [0.1, 0.15) is 5.82 Å². The molecule has 20 rings (SSSR count). The zero-order valence-electron chi connectivity index (χ0n) is 82.3. The number of H-pyrrole nitrogens is 7. The number of imidazole rings is 2. The first-order valence-corrected chi connectivity index (χ1v) is 46.0. The fraction of sp³-hybridized carbons (Fsp3) is 0.372. The maximum atomic E-state index is 11.7. The van der Waals surface area contributed by atoms with Gasteiger partial charge < -0.3 is 44.7 Å². The van der Waals surface area contributed by atoms with Crippen molar-refractivity contribution in [3.05, 3.63) is 323 Å². The van der Waals surface area contributed by atoms with Gasteiger partial charge in [0, 0.05) is 140 Å². The summed E-state index contributed by atoms with van der Waals surface area (Å²) < 4.78 is 3.98. The van der Waals surface area contributed by atoms with Crippen molar-refractivity contribution in [3.8, 4) is 0 Å². The number of hydrogen-bond donors (Lipinski definition) is 8. The maximum Gasteiger partial charge on any atom is 0.326 e. The van der Waals surface area contributed by atoms with E-state index in [1.54, 1.807) is 4.57 Å². The fourth-order valence-corrected chi connectivity index (χ4v) is 16.5. The number of aromatic nitrogens is 13. The van der Waals surface area contributed by atoms with Gasteiger partial charge in [-0.3, -0.25) is 14.6 Å². The van der Waals surface area contributed by atoms with Crippen LogP contribution < -0.4 is 15.9 Å². The highest BCUT2D eigenvalue weighted by atomic mass is 16.1. The molecule has 0 amide bonds. The number of pyridine rings is 2. The lowest BCUT2D eigenvalue weighted by atomic mass is 9.78. The monoisotopic (exact) mass is 1730 g/mol. The highest BCUT2D eigenvalue weighted by molar-refractivity contribution is 5.87. The third-order valence-corrected chi connectivity index (χ3v) is 23.6. The molecule has 0 spiro atoms. The number of benzene rings is 8. The first-order valence-electron chi connectivity index (χ1n) is 46.0. The third-order valence-electron chi connectivity index (χ3n) is 23.6. The van der Waals surface area contributed by atoms with E-state index in [2.05, 4.69) is 401 Å². The number of rotatable bonds is 2. The molecule has 2 aliphatic rings. The summed E-state index contributed by atoms with van der Waals surface area (Å²) in [4.78, 5) is 46.2. The Hall–Kier alpha value is -12.4. The van der Waals surface area contributed by atoms with Crippen molar-refractivity contribution in [2.24, 2.45) is 5.41 Å². The Bertz CT molecular complexity index is 6180. The Kier molecular flexibility index (Phi) is 30.5. The minimum Gasteiger partial charge on any atom is -0.369 e. The molecule has 0 radical (unpaired) electrons. The summed E-state index contributed by atoms with van der Waals surface area (Å²) in [6, 6.07) is 75.5. The average molecular weight is 1730 g/mol. The number of nitrogens with zero attached hydrogens (tertiary/aromatic N) is 7. The van der Waals surface area contributed by atoms with E-state index in [0.717, 1.165) is 45.5 Å².